The van der Waals surface area contributed by atoms with Crippen LogP contribution in [0.2, 0.25) is 0 Å². The van der Waals surface area contributed by atoms with Gasteiger partial charge in [0, 0.05) is 24.9 Å². The molecule has 0 radical (unpaired) electrons. The molecule has 0 aliphatic rings. The van der Waals surface area contributed by atoms with Crippen LogP contribution in [-0.2, 0) is 11.3 Å². The summed E-state index contributed by atoms with van der Waals surface area (Å²) >= 11 is 0. The van der Waals surface area contributed by atoms with Gasteiger partial charge in [-0.25, -0.2) is 9.98 Å². The zero-order valence-corrected chi connectivity index (χ0v) is 13.1. The quantitative estimate of drug-likeness (QED) is 0.411. The number of nitrogens with two attached hydrogens (primary N) is 1. The van der Waals surface area contributed by atoms with Gasteiger partial charge in [0.2, 0.25) is 5.88 Å². The Balaban J connectivity index is 2.57. The number of hydrogen-bond acceptors (Lipinski definition) is 4. The van der Waals surface area contributed by atoms with Gasteiger partial charge in [0.15, 0.2) is 5.96 Å². The molecule has 0 spiro atoms. The van der Waals surface area contributed by atoms with Crippen molar-refractivity contribution in [1.82, 2.24) is 10.3 Å². The number of rotatable bonds is 9. The first-order chi connectivity index (χ1) is 10.2. The standard InChI is InChI=1S/C15H26N4O2/c1-4-5-9-21-14-13(7-6-8-17-14)10-18-15(16)19-12(2)11-20-3/h6-8,12H,4-5,9-11H2,1-3H3,(H3,16,18,19). The lowest BCUT2D eigenvalue weighted by atomic mass is 10.2. The van der Waals surface area contributed by atoms with Crippen molar-refractivity contribution in [3.63, 3.8) is 0 Å². The van der Waals surface area contributed by atoms with Gasteiger partial charge < -0.3 is 20.5 Å². The number of hydrogen-bond donors (Lipinski definition) is 2. The highest BCUT2D eigenvalue weighted by Gasteiger charge is 2.05. The third kappa shape index (κ3) is 6.94. The van der Waals surface area contributed by atoms with Crippen LogP contribution in [0, 0.1) is 0 Å². The monoisotopic (exact) mass is 294 g/mol. The lowest BCUT2D eigenvalue weighted by Gasteiger charge is -2.13. The molecule has 3 N–H and O–H groups in total. The van der Waals surface area contributed by atoms with Crippen LogP contribution in [-0.4, -0.2) is 37.3 Å². The maximum Gasteiger partial charge on any atom is 0.218 e. The van der Waals surface area contributed by atoms with Gasteiger partial charge in [-0.05, 0) is 19.4 Å². The molecule has 6 heteroatoms. The summed E-state index contributed by atoms with van der Waals surface area (Å²) in [4.78, 5) is 8.56. The third-order valence-corrected chi connectivity index (χ3v) is 2.82. The van der Waals surface area contributed by atoms with Gasteiger partial charge in [-0.15, -0.1) is 0 Å². The summed E-state index contributed by atoms with van der Waals surface area (Å²) in [6.45, 7) is 5.79. The van der Waals surface area contributed by atoms with E-state index in [-0.39, 0.29) is 6.04 Å². The van der Waals surface area contributed by atoms with E-state index in [0.29, 0.717) is 31.6 Å². The number of guanidine groups is 1. The number of nitrogens with zero attached hydrogens (tertiary/aromatic N) is 2. The van der Waals surface area contributed by atoms with Crippen molar-refractivity contribution < 1.29 is 9.47 Å². The lowest BCUT2D eigenvalue weighted by Crippen LogP contribution is -2.40. The van der Waals surface area contributed by atoms with E-state index in [4.69, 9.17) is 15.2 Å². The summed E-state index contributed by atoms with van der Waals surface area (Å²) in [6.07, 6.45) is 3.82. The topological polar surface area (TPSA) is 81.8 Å². The molecule has 1 aromatic rings. The molecule has 21 heavy (non-hydrogen) atoms. The summed E-state index contributed by atoms with van der Waals surface area (Å²) in [6, 6.07) is 3.94. The molecule has 1 aromatic heterocycles. The molecule has 0 aromatic carbocycles. The molecule has 1 heterocycles. The molecule has 118 valence electrons. The number of ether oxygens (including phenoxy) is 2. The van der Waals surface area contributed by atoms with E-state index < -0.39 is 0 Å². The maximum atomic E-state index is 5.85. The first kappa shape index (κ1) is 17.2. The molecule has 0 amide bonds. The molecule has 1 rings (SSSR count). The fourth-order valence-corrected chi connectivity index (χ4v) is 1.75. The zero-order chi connectivity index (χ0) is 15.5. The van der Waals surface area contributed by atoms with Gasteiger partial charge in [0.1, 0.15) is 0 Å². The highest BCUT2D eigenvalue weighted by Crippen LogP contribution is 2.15. The summed E-state index contributed by atoms with van der Waals surface area (Å²) in [5, 5.41) is 3.06. The summed E-state index contributed by atoms with van der Waals surface area (Å²) in [5.74, 6) is 1.02. The predicted molar refractivity (Wildman–Crippen MR) is 84.4 cm³/mol. The van der Waals surface area contributed by atoms with Crippen LogP contribution >= 0.6 is 0 Å². The second-order valence-corrected chi connectivity index (χ2v) is 4.87. The zero-order valence-electron chi connectivity index (χ0n) is 13.1. The molecule has 0 bridgehead atoms. The van der Waals surface area contributed by atoms with Gasteiger partial charge >= 0.3 is 0 Å². The maximum absolute atomic E-state index is 5.85. The first-order valence-corrected chi connectivity index (χ1v) is 7.29. The number of unbranched alkanes of at least 4 members (excludes halogenated alkanes) is 1. The molecule has 0 fully saturated rings. The van der Waals surface area contributed by atoms with Gasteiger partial charge in [-0.2, -0.15) is 0 Å². The second-order valence-electron chi connectivity index (χ2n) is 4.87. The average Bonchev–Trinajstić information content (AvgIpc) is 2.46. The molecule has 1 unspecified atom stereocenters. The van der Waals surface area contributed by atoms with Crippen LogP contribution < -0.4 is 15.8 Å². The molecule has 6 nitrogen and oxygen atoms in total. The summed E-state index contributed by atoms with van der Waals surface area (Å²) < 4.78 is 10.7. The smallest absolute Gasteiger partial charge is 0.218 e. The van der Waals surface area contributed by atoms with E-state index in [1.165, 1.54) is 0 Å². The normalized spacial score (nSPS) is 13.0. The van der Waals surface area contributed by atoms with Crippen molar-refractivity contribution in [2.45, 2.75) is 39.3 Å². The van der Waals surface area contributed by atoms with Crippen molar-refractivity contribution in [2.75, 3.05) is 20.3 Å². The van der Waals surface area contributed by atoms with E-state index in [0.717, 1.165) is 18.4 Å². The minimum atomic E-state index is 0.118. The fraction of sp³-hybridized carbons (Fsp3) is 0.600. The van der Waals surface area contributed by atoms with E-state index >= 15 is 0 Å². The van der Waals surface area contributed by atoms with Gasteiger partial charge in [-0.1, -0.05) is 19.4 Å². The minimum Gasteiger partial charge on any atom is -0.477 e. The van der Waals surface area contributed by atoms with Crippen molar-refractivity contribution >= 4 is 5.96 Å². The molecule has 1 atom stereocenters. The Kier molecular flexibility index (Phi) is 8.19. The Morgan fingerprint density at radius 1 is 1.52 bits per heavy atom. The minimum absolute atomic E-state index is 0.118. The van der Waals surface area contributed by atoms with E-state index in [1.54, 1.807) is 13.3 Å². The van der Waals surface area contributed by atoms with Crippen LogP contribution in [0.3, 0.4) is 0 Å². The SMILES string of the molecule is CCCCOc1ncccc1CN=C(N)NC(C)COC. The lowest BCUT2D eigenvalue weighted by molar-refractivity contribution is 0.179. The molecular formula is C15H26N4O2. The van der Waals surface area contributed by atoms with E-state index in [1.807, 2.05) is 19.1 Å². The Labute approximate surface area is 126 Å². The Bertz CT molecular complexity index is 437. The van der Waals surface area contributed by atoms with Crippen molar-refractivity contribution in [3.05, 3.63) is 23.9 Å². The van der Waals surface area contributed by atoms with Crippen LogP contribution in [0.25, 0.3) is 0 Å². The largest absolute Gasteiger partial charge is 0.477 e. The Morgan fingerprint density at radius 3 is 3.05 bits per heavy atom. The Hall–Kier alpha value is -1.82. The fourth-order valence-electron chi connectivity index (χ4n) is 1.75. The number of pyridine rings is 1. The highest BCUT2D eigenvalue weighted by molar-refractivity contribution is 5.78. The second kappa shape index (κ2) is 9.99. The van der Waals surface area contributed by atoms with E-state index in [2.05, 4.69) is 22.2 Å². The number of nitrogens with one attached hydrogen (secondary N) is 1. The molecule has 0 aliphatic heterocycles. The van der Waals surface area contributed by atoms with Crippen molar-refractivity contribution in [1.29, 1.82) is 0 Å². The van der Waals surface area contributed by atoms with Crippen LogP contribution in [0.15, 0.2) is 23.3 Å². The van der Waals surface area contributed by atoms with Crippen LogP contribution in [0.5, 0.6) is 5.88 Å². The van der Waals surface area contributed by atoms with Gasteiger partial charge in [-0.3, -0.25) is 0 Å². The first-order valence-electron chi connectivity index (χ1n) is 7.29. The number of methoxy groups -OCH3 is 1. The van der Waals surface area contributed by atoms with Crippen LogP contribution in [0.4, 0.5) is 0 Å². The number of aliphatic imine (C=N–C) groups is 1. The summed E-state index contributed by atoms with van der Waals surface area (Å²) in [5.41, 5.74) is 6.78. The third-order valence-electron chi connectivity index (χ3n) is 2.82. The van der Waals surface area contributed by atoms with Crippen molar-refractivity contribution in [3.8, 4) is 5.88 Å². The van der Waals surface area contributed by atoms with Crippen molar-refractivity contribution in [2.24, 2.45) is 10.7 Å². The van der Waals surface area contributed by atoms with Gasteiger partial charge in [0.05, 0.1) is 19.8 Å². The highest BCUT2D eigenvalue weighted by atomic mass is 16.5. The summed E-state index contributed by atoms with van der Waals surface area (Å²) in [7, 11) is 1.65. The Morgan fingerprint density at radius 2 is 2.33 bits per heavy atom. The molecule has 0 aliphatic carbocycles. The molecule has 0 saturated heterocycles. The average molecular weight is 294 g/mol. The van der Waals surface area contributed by atoms with Gasteiger partial charge in [0.25, 0.3) is 0 Å². The van der Waals surface area contributed by atoms with Crippen LogP contribution in [0.1, 0.15) is 32.3 Å². The van der Waals surface area contributed by atoms with E-state index in [9.17, 15) is 0 Å². The molecular weight excluding hydrogens is 268 g/mol. The predicted octanol–water partition coefficient (Wildman–Crippen LogP) is 1.70. The molecule has 0 saturated carbocycles. The number of aromatic nitrogens is 1.